The van der Waals surface area contributed by atoms with E-state index in [0.29, 0.717) is 11.3 Å². The molecule has 4 nitrogen and oxygen atoms in total. The maximum absolute atomic E-state index is 12.1. The fraction of sp³-hybridized carbons (Fsp3) is 0.214. The number of aromatic nitrogens is 2. The van der Waals surface area contributed by atoms with Gasteiger partial charge in [0.15, 0.2) is 0 Å². The van der Waals surface area contributed by atoms with Crippen LogP contribution in [0.1, 0.15) is 22.5 Å². The highest BCUT2D eigenvalue weighted by molar-refractivity contribution is 6.02. The lowest BCUT2D eigenvalue weighted by molar-refractivity contribution is -0.133. The molecule has 2 rings (SSSR count). The van der Waals surface area contributed by atoms with Gasteiger partial charge in [-0.2, -0.15) is 13.2 Å². The summed E-state index contributed by atoms with van der Waals surface area (Å²) in [4.78, 5) is 19.3. The van der Waals surface area contributed by atoms with Gasteiger partial charge in [-0.05, 0) is 30.2 Å². The Morgan fingerprint density at radius 3 is 2.43 bits per heavy atom. The van der Waals surface area contributed by atoms with Gasteiger partial charge in [-0.3, -0.25) is 4.79 Å². The Kier molecular flexibility index (Phi) is 4.52. The number of anilines is 1. The van der Waals surface area contributed by atoms with Crippen LogP contribution in [0.5, 0.6) is 0 Å². The molecule has 1 amide bonds. The number of benzene rings is 1. The first kappa shape index (κ1) is 15.0. The average molecular weight is 295 g/mol. The molecule has 0 fully saturated rings. The Labute approximate surface area is 119 Å². The molecule has 0 saturated carbocycles. The first-order chi connectivity index (χ1) is 9.94. The van der Waals surface area contributed by atoms with E-state index in [-0.39, 0.29) is 12.1 Å². The molecular weight excluding hydrogens is 283 g/mol. The number of hydrogen-bond acceptors (Lipinski definition) is 3. The molecule has 2 aromatic rings. The van der Waals surface area contributed by atoms with Crippen molar-refractivity contribution in [2.24, 2.45) is 0 Å². The van der Waals surface area contributed by atoms with Crippen LogP contribution in [0, 0.1) is 0 Å². The maximum atomic E-state index is 12.1. The minimum absolute atomic E-state index is 0.0797. The summed E-state index contributed by atoms with van der Waals surface area (Å²) in [6, 6.07) is 7.70. The molecular formula is C14H12F3N3O. The van der Waals surface area contributed by atoms with E-state index in [1.807, 2.05) is 0 Å². The Balaban J connectivity index is 1.95. The monoisotopic (exact) mass is 295 g/mol. The molecule has 0 aliphatic heterocycles. The van der Waals surface area contributed by atoms with Crippen molar-refractivity contribution in [3.05, 3.63) is 54.1 Å². The molecule has 1 aromatic carbocycles. The van der Waals surface area contributed by atoms with E-state index in [0.717, 1.165) is 0 Å². The van der Waals surface area contributed by atoms with Crippen molar-refractivity contribution >= 4 is 11.6 Å². The van der Waals surface area contributed by atoms with Gasteiger partial charge in [-0.1, -0.05) is 12.1 Å². The van der Waals surface area contributed by atoms with E-state index in [9.17, 15) is 18.0 Å². The average Bonchev–Trinajstić information content (AvgIpc) is 2.46. The van der Waals surface area contributed by atoms with Gasteiger partial charge in [-0.25, -0.2) is 9.97 Å². The number of halogens is 3. The highest BCUT2D eigenvalue weighted by Gasteiger charge is 2.26. The van der Waals surface area contributed by atoms with Gasteiger partial charge in [0.2, 0.25) is 0 Å². The molecule has 0 bridgehead atoms. The number of hydrogen-bond donors (Lipinski definition) is 1. The van der Waals surface area contributed by atoms with Gasteiger partial charge in [0.05, 0.1) is 0 Å². The summed E-state index contributed by atoms with van der Waals surface area (Å²) in [7, 11) is 0. The summed E-state index contributed by atoms with van der Waals surface area (Å²) in [6.45, 7) is 0. The Bertz CT molecular complexity index is 597. The fourth-order valence-corrected chi connectivity index (χ4v) is 1.66. The lowest BCUT2D eigenvalue weighted by Gasteiger charge is -2.08. The first-order valence-corrected chi connectivity index (χ1v) is 6.17. The van der Waals surface area contributed by atoms with Crippen LogP contribution in [0.15, 0.2) is 42.9 Å². The van der Waals surface area contributed by atoms with E-state index in [1.54, 1.807) is 24.3 Å². The summed E-state index contributed by atoms with van der Waals surface area (Å²) in [6.07, 6.45) is -2.40. The van der Waals surface area contributed by atoms with Crippen molar-refractivity contribution in [3.63, 3.8) is 0 Å². The van der Waals surface area contributed by atoms with Crippen molar-refractivity contribution in [3.8, 4) is 0 Å². The first-order valence-electron chi connectivity index (χ1n) is 6.17. The second kappa shape index (κ2) is 6.34. The fourth-order valence-electron chi connectivity index (χ4n) is 1.66. The van der Waals surface area contributed by atoms with Crippen molar-refractivity contribution in [1.29, 1.82) is 0 Å². The quantitative estimate of drug-likeness (QED) is 0.942. The number of aryl methyl sites for hydroxylation is 1. The third-order valence-electron chi connectivity index (χ3n) is 2.72. The van der Waals surface area contributed by atoms with Crippen molar-refractivity contribution in [1.82, 2.24) is 9.97 Å². The van der Waals surface area contributed by atoms with Gasteiger partial charge < -0.3 is 5.32 Å². The largest absolute Gasteiger partial charge is 0.389 e. The normalized spacial score (nSPS) is 11.2. The summed E-state index contributed by atoms with van der Waals surface area (Å²) in [5.41, 5.74) is 1.27. The van der Waals surface area contributed by atoms with Gasteiger partial charge in [0.25, 0.3) is 5.91 Å². The van der Waals surface area contributed by atoms with Gasteiger partial charge >= 0.3 is 6.18 Å². The van der Waals surface area contributed by atoms with Crippen molar-refractivity contribution in [2.45, 2.75) is 19.0 Å². The predicted molar refractivity (Wildman–Crippen MR) is 70.8 cm³/mol. The molecule has 1 heterocycles. The molecule has 0 aliphatic rings. The molecule has 1 aromatic heterocycles. The van der Waals surface area contributed by atoms with Crippen LogP contribution in [0.25, 0.3) is 0 Å². The minimum Gasteiger partial charge on any atom is -0.321 e. The van der Waals surface area contributed by atoms with Crippen LogP contribution in [0.4, 0.5) is 18.9 Å². The van der Waals surface area contributed by atoms with E-state index in [2.05, 4.69) is 15.3 Å². The van der Waals surface area contributed by atoms with E-state index >= 15 is 0 Å². The molecule has 0 atom stereocenters. The SMILES string of the molecule is O=C(Nc1ccc(CCC(F)(F)F)cc1)c1ccncn1. The van der Waals surface area contributed by atoms with E-state index in [1.165, 1.54) is 18.6 Å². The number of nitrogens with zero attached hydrogens (tertiary/aromatic N) is 2. The smallest absolute Gasteiger partial charge is 0.321 e. The molecule has 21 heavy (non-hydrogen) atoms. The third-order valence-corrected chi connectivity index (χ3v) is 2.72. The van der Waals surface area contributed by atoms with Crippen LogP contribution < -0.4 is 5.32 Å². The molecule has 7 heteroatoms. The Morgan fingerprint density at radius 2 is 1.86 bits per heavy atom. The number of carbonyl (C=O) groups excluding carboxylic acids is 1. The number of amides is 1. The number of carbonyl (C=O) groups is 1. The molecule has 0 radical (unpaired) electrons. The molecule has 1 N–H and O–H groups in total. The van der Waals surface area contributed by atoms with Gasteiger partial charge in [0.1, 0.15) is 12.0 Å². The van der Waals surface area contributed by atoms with Gasteiger partial charge in [-0.15, -0.1) is 0 Å². The zero-order valence-electron chi connectivity index (χ0n) is 10.9. The van der Waals surface area contributed by atoms with Crippen LogP contribution >= 0.6 is 0 Å². The standard InChI is InChI=1S/C14H12F3N3O/c15-14(16,17)7-5-10-1-3-11(4-2-10)20-13(21)12-6-8-18-9-19-12/h1-4,6,8-9H,5,7H2,(H,20,21). The zero-order valence-corrected chi connectivity index (χ0v) is 10.9. The summed E-state index contributed by atoms with van der Waals surface area (Å²) < 4.78 is 36.3. The van der Waals surface area contributed by atoms with Crippen molar-refractivity contribution in [2.75, 3.05) is 5.32 Å². The van der Waals surface area contributed by atoms with Crippen LogP contribution in [0.2, 0.25) is 0 Å². The highest BCUT2D eigenvalue weighted by Crippen LogP contribution is 2.22. The van der Waals surface area contributed by atoms with E-state index < -0.39 is 18.5 Å². The molecule has 0 spiro atoms. The second-order valence-corrected chi connectivity index (χ2v) is 4.36. The lowest BCUT2D eigenvalue weighted by Crippen LogP contribution is -2.13. The summed E-state index contributed by atoms with van der Waals surface area (Å²) >= 11 is 0. The number of alkyl halides is 3. The Hall–Kier alpha value is -2.44. The lowest BCUT2D eigenvalue weighted by atomic mass is 10.1. The zero-order chi connectivity index (χ0) is 15.3. The topological polar surface area (TPSA) is 54.9 Å². The molecule has 110 valence electrons. The summed E-state index contributed by atoms with van der Waals surface area (Å²) in [5, 5.41) is 2.61. The van der Waals surface area contributed by atoms with Crippen LogP contribution in [-0.2, 0) is 6.42 Å². The number of rotatable bonds is 4. The second-order valence-electron chi connectivity index (χ2n) is 4.36. The van der Waals surface area contributed by atoms with Gasteiger partial charge in [0, 0.05) is 18.3 Å². The summed E-state index contributed by atoms with van der Waals surface area (Å²) in [5.74, 6) is -0.402. The highest BCUT2D eigenvalue weighted by atomic mass is 19.4. The van der Waals surface area contributed by atoms with E-state index in [4.69, 9.17) is 0 Å². The molecule has 0 unspecified atom stereocenters. The third kappa shape index (κ3) is 4.87. The number of nitrogens with one attached hydrogen (secondary N) is 1. The molecule has 0 saturated heterocycles. The predicted octanol–water partition coefficient (Wildman–Crippen LogP) is 3.22. The minimum atomic E-state index is -4.17. The van der Waals surface area contributed by atoms with Crippen LogP contribution in [-0.4, -0.2) is 22.1 Å². The Morgan fingerprint density at radius 1 is 1.14 bits per heavy atom. The van der Waals surface area contributed by atoms with Crippen molar-refractivity contribution < 1.29 is 18.0 Å². The maximum Gasteiger partial charge on any atom is 0.389 e. The molecule has 0 aliphatic carbocycles. The van der Waals surface area contributed by atoms with Crippen LogP contribution in [0.3, 0.4) is 0 Å².